The lowest BCUT2D eigenvalue weighted by atomic mass is 9.64. The zero-order valence-corrected chi connectivity index (χ0v) is 19.3. The lowest BCUT2D eigenvalue weighted by molar-refractivity contribution is -0.127. The molecule has 1 aromatic rings. The highest BCUT2D eigenvalue weighted by molar-refractivity contribution is 6.76. The van der Waals surface area contributed by atoms with Gasteiger partial charge < -0.3 is 0 Å². The Hall–Kier alpha value is -0.583. The van der Waals surface area contributed by atoms with Crippen LogP contribution in [0, 0.1) is 0 Å². The monoisotopic (exact) mass is 460 g/mol. The zero-order chi connectivity index (χ0) is 20.2. The Labute approximate surface area is 180 Å². The molecular formula is C20H20Cl4O2Si. The average molecular weight is 462 g/mol. The predicted octanol–water partition coefficient (Wildman–Crippen LogP) is 6.23. The van der Waals surface area contributed by atoms with Gasteiger partial charge in [-0.3, -0.25) is 9.59 Å². The minimum Gasteiger partial charge on any atom is -0.291 e. The van der Waals surface area contributed by atoms with Gasteiger partial charge in [-0.05, 0) is 18.0 Å². The Morgan fingerprint density at radius 3 is 2.11 bits per heavy atom. The van der Waals surface area contributed by atoms with Crippen LogP contribution < -0.4 is 0 Å². The molecule has 144 valence electrons. The Bertz CT molecular complexity index is 872. The van der Waals surface area contributed by atoms with Crippen LogP contribution in [0.2, 0.25) is 25.7 Å². The molecule has 0 radical (unpaired) electrons. The number of fused-ring (bicyclic) bond motifs is 1. The van der Waals surface area contributed by atoms with Crippen molar-refractivity contribution in [1.29, 1.82) is 0 Å². The second-order valence-electron chi connectivity index (χ2n) is 8.43. The van der Waals surface area contributed by atoms with Crippen molar-refractivity contribution in [3.63, 3.8) is 0 Å². The molecule has 1 aromatic carbocycles. The van der Waals surface area contributed by atoms with Crippen LogP contribution in [0.4, 0.5) is 0 Å². The third kappa shape index (κ3) is 3.36. The molecule has 0 fully saturated rings. The number of hydrogen-bond acceptors (Lipinski definition) is 2. The first-order valence-corrected chi connectivity index (χ1v) is 13.9. The maximum absolute atomic E-state index is 13.2. The van der Waals surface area contributed by atoms with Gasteiger partial charge in [-0.1, -0.05) is 84.8 Å². The summed E-state index contributed by atoms with van der Waals surface area (Å²) in [5.41, 5.74) is 1.85. The maximum Gasteiger partial charge on any atom is 0.199 e. The summed E-state index contributed by atoms with van der Waals surface area (Å²) in [5, 5.41) is -0.662. The first-order valence-electron chi connectivity index (χ1n) is 8.69. The molecule has 0 amide bonds. The summed E-state index contributed by atoms with van der Waals surface area (Å²) in [6.07, 6.45) is 2.20. The molecule has 3 unspecified atom stereocenters. The standard InChI is InChI=1S/C20H20Cl4O2Si/c1-27(2,3)11-12-9-14(13-7-5-4-6-8-13)20(24)18(26)16(22)15(21)17(25)19(20,23)10-12/h4-9,14H,10-11H2,1-3H3. The molecule has 2 aliphatic carbocycles. The highest BCUT2D eigenvalue weighted by Crippen LogP contribution is 2.59. The second-order valence-corrected chi connectivity index (χ2v) is 15.9. The van der Waals surface area contributed by atoms with Crippen LogP contribution in [-0.2, 0) is 9.59 Å². The van der Waals surface area contributed by atoms with Crippen molar-refractivity contribution in [3.8, 4) is 0 Å². The van der Waals surface area contributed by atoms with E-state index in [1.165, 1.54) is 0 Å². The molecule has 0 N–H and O–H groups in total. The summed E-state index contributed by atoms with van der Waals surface area (Å²) >= 11 is 26.0. The molecule has 2 aliphatic rings. The van der Waals surface area contributed by atoms with Crippen LogP contribution in [0.15, 0.2) is 52.0 Å². The summed E-state index contributed by atoms with van der Waals surface area (Å²) < 4.78 is 0. The first kappa shape index (κ1) is 21.1. The maximum atomic E-state index is 13.2. The molecule has 7 heteroatoms. The van der Waals surface area contributed by atoms with Crippen molar-refractivity contribution >= 4 is 66.0 Å². The summed E-state index contributed by atoms with van der Waals surface area (Å²) in [6, 6.07) is 10.2. The van der Waals surface area contributed by atoms with E-state index < -0.39 is 35.3 Å². The van der Waals surface area contributed by atoms with Gasteiger partial charge in [0.25, 0.3) is 0 Å². The number of ketones is 2. The summed E-state index contributed by atoms with van der Waals surface area (Å²) in [4.78, 5) is 22.8. The van der Waals surface area contributed by atoms with Crippen LogP contribution in [-0.4, -0.2) is 29.4 Å². The molecule has 0 saturated carbocycles. The van der Waals surface area contributed by atoms with Gasteiger partial charge in [0.05, 0.1) is 0 Å². The van der Waals surface area contributed by atoms with E-state index in [-0.39, 0.29) is 16.5 Å². The fraction of sp³-hybridized carbons (Fsp3) is 0.400. The van der Waals surface area contributed by atoms with E-state index in [2.05, 4.69) is 19.6 Å². The molecule has 0 bridgehead atoms. The lowest BCUT2D eigenvalue weighted by Crippen LogP contribution is -2.64. The SMILES string of the molecule is C[Si](C)(C)CC1=CC(c2ccccc2)C2(Cl)C(=O)C(Cl)=C(Cl)C(=O)C2(Cl)C1. The highest BCUT2D eigenvalue weighted by atomic mass is 35.5. The Kier molecular flexibility index (Phi) is 5.51. The molecule has 3 atom stereocenters. The van der Waals surface area contributed by atoms with Crippen molar-refractivity contribution < 1.29 is 9.59 Å². The molecule has 3 rings (SSSR count). The average Bonchev–Trinajstić information content (AvgIpc) is 2.60. The topological polar surface area (TPSA) is 34.1 Å². The fourth-order valence-corrected chi connectivity index (χ4v) is 7.08. The van der Waals surface area contributed by atoms with Crippen LogP contribution in [0.5, 0.6) is 0 Å². The normalized spacial score (nSPS) is 31.7. The quantitative estimate of drug-likeness (QED) is 0.303. The number of carbonyl (C=O) groups excluding carboxylic acids is 2. The molecule has 0 heterocycles. The minimum atomic E-state index is -1.72. The van der Waals surface area contributed by atoms with Gasteiger partial charge in [0.15, 0.2) is 11.6 Å². The highest BCUT2D eigenvalue weighted by Gasteiger charge is 2.68. The van der Waals surface area contributed by atoms with E-state index in [0.29, 0.717) is 0 Å². The number of hydrogen-bond donors (Lipinski definition) is 0. The van der Waals surface area contributed by atoms with Gasteiger partial charge in [0.1, 0.15) is 19.8 Å². The van der Waals surface area contributed by atoms with Gasteiger partial charge in [-0.15, -0.1) is 23.2 Å². The molecule has 0 aromatic heterocycles. The van der Waals surface area contributed by atoms with Crippen molar-refractivity contribution in [2.45, 2.75) is 47.8 Å². The van der Waals surface area contributed by atoms with Gasteiger partial charge in [-0.25, -0.2) is 0 Å². The molecule has 2 nitrogen and oxygen atoms in total. The predicted molar refractivity (Wildman–Crippen MR) is 116 cm³/mol. The lowest BCUT2D eigenvalue weighted by Gasteiger charge is -2.50. The van der Waals surface area contributed by atoms with Crippen molar-refractivity contribution in [2.24, 2.45) is 0 Å². The summed E-state index contributed by atoms with van der Waals surface area (Å²) in [5.74, 6) is -1.75. The first-order chi connectivity index (χ1) is 12.4. The van der Waals surface area contributed by atoms with Crippen molar-refractivity contribution in [1.82, 2.24) is 0 Å². The number of carbonyl (C=O) groups is 2. The van der Waals surface area contributed by atoms with Gasteiger partial charge >= 0.3 is 0 Å². The van der Waals surface area contributed by atoms with E-state index in [1.807, 2.05) is 36.4 Å². The van der Waals surface area contributed by atoms with E-state index >= 15 is 0 Å². The molecule has 0 saturated heterocycles. The largest absolute Gasteiger partial charge is 0.291 e. The van der Waals surface area contributed by atoms with E-state index in [1.54, 1.807) is 0 Å². The second kappa shape index (κ2) is 7.03. The van der Waals surface area contributed by atoms with Gasteiger partial charge in [0.2, 0.25) is 0 Å². The third-order valence-corrected chi connectivity index (χ3v) is 8.84. The number of benzene rings is 1. The Balaban J connectivity index is 2.26. The number of halogens is 4. The number of alkyl halides is 2. The van der Waals surface area contributed by atoms with Crippen molar-refractivity contribution in [2.75, 3.05) is 0 Å². The summed E-state index contributed by atoms with van der Waals surface area (Å²) in [7, 11) is -1.50. The van der Waals surface area contributed by atoms with Crippen LogP contribution >= 0.6 is 46.4 Å². The number of allylic oxidation sites excluding steroid dienone is 4. The van der Waals surface area contributed by atoms with Gasteiger partial charge in [-0.2, -0.15) is 0 Å². The van der Waals surface area contributed by atoms with Gasteiger partial charge in [0, 0.05) is 14.0 Å². The minimum absolute atomic E-state index is 0.191. The molecule has 0 aliphatic heterocycles. The van der Waals surface area contributed by atoms with Crippen LogP contribution in [0.1, 0.15) is 17.9 Å². The molecule has 27 heavy (non-hydrogen) atoms. The molecular weight excluding hydrogens is 442 g/mol. The number of rotatable bonds is 3. The van der Waals surface area contributed by atoms with Crippen molar-refractivity contribution in [3.05, 3.63) is 57.6 Å². The van der Waals surface area contributed by atoms with E-state index in [9.17, 15) is 9.59 Å². The van der Waals surface area contributed by atoms with E-state index in [4.69, 9.17) is 46.4 Å². The molecule has 0 spiro atoms. The third-order valence-electron chi connectivity index (χ3n) is 5.08. The van der Waals surface area contributed by atoms with Crippen LogP contribution in [0.25, 0.3) is 0 Å². The Morgan fingerprint density at radius 2 is 1.56 bits per heavy atom. The fourth-order valence-electron chi connectivity index (χ4n) is 3.99. The summed E-state index contributed by atoms with van der Waals surface area (Å²) in [6.45, 7) is 6.73. The smallest absolute Gasteiger partial charge is 0.199 e. The van der Waals surface area contributed by atoms with E-state index in [0.717, 1.165) is 17.2 Å². The van der Waals surface area contributed by atoms with Crippen LogP contribution in [0.3, 0.4) is 0 Å². The number of Topliss-reactive ketones (excluding diaryl/α,β-unsaturated/α-hetero) is 2. The Morgan fingerprint density at radius 1 is 1.00 bits per heavy atom. The zero-order valence-electron chi connectivity index (χ0n) is 15.3.